The van der Waals surface area contributed by atoms with Gasteiger partial charge in [0.15, 0.2) is 10.8 Å². The molecule has 1 aliphatic heterocycles. The zero-order valence-corrected chi connectivity index (χ0v) is 11.2. The Balaban J connectivity index is 1.94. The Bertz CT molecular complexity index is 500. The van der Waals surface area contributed by atoms with E-state index in [1.54, 1.807) is 18.4 Å². The molecular weight excluding hydrogens is 268 g/mol. The van der Waals surface area contributed by atoms with E-state index in [9.17, 15) is 9.59 Å². The lowest BCUT2D eigenvalue weighted by Crippen LogP contribution is -2.22. The highest BCUT2D eigenvalue weighted by Gasteiger charge is 2.35. The third kappa shape index (κ3) is 3.31. The van der Waals surface area contributed by atoms with Crippen molar-refractivity contribution in [2.75, 3.05) is 11.9 Å². The number of carbonyl (C=O) groups excluding carboxylic acids is 2. The van der Waals surface area contributed by atoms with Gasteiger partial charge in [0.25, 0.3) is 0 Å². The number of thiazole rings is 1. The lowest BCUT2D eigenvalue weighted by Gasteiger charge is -2.06. The number of nitrogens with zero attached hydrogens (tertiary/aromatic N) is 1. The van der Waals surface area contributed by atoms with Crippen molar-refractivity contribution in [3.63, 3.8) is 0 Å². The first kappa shape index (κ1) is 13.5. The highest BCUT2D eigenvalue weighted by molar-refractivity contribution is 7.13. The van der Waals surface area contributed by atoms with E-state index >= 15 is 0 Å². The van der Waals surface area contributed by atoms with E-state index in [0.29, 0.717) is 18.1 Å². The summed E-state index contributed by atoms with van der Waals surface area (Å²) in [4.78, 5) is 27.2. The maximum Gasteiger partial charge on any atom is 0.358 e. The molecule has 1 fully saturated rings. The number of carbonyl (C=O) groups is 2. The van der Waals surface area contributed by atoms with Crippen LogP contribution < -0.4 is 5.32 Å². The summed E-state index contributed by atoms with van der Waals surface area (Å²) in [5.41, 5.74) is 0.184. The molecule has 0 spiro atoms. The number of hydrogen-bond acceptors (Lipinski definition) is 7. The van der Waals surface area contributed by atoms with E-state index in [2.05, 4.69) is 16.9 Å². The molecule has 1 aromatic heterocycles. The second-order valence-electron chi connectivity index (χ2n) is 4.08. The number of hydrogen-bond donors (Lipinski definition) is 1. The van der Waals surface area contributed by atoms with Gasteiger partial charge in [-0.1, -0.05) is 6.08 Å². The maximum absolute atomic E-state index is 11.8. The number of anilines is 1. The van der Waals surface area contributed by atoms with Crippen LogP contribution in [-0.2, 0) is 14.3 Å². The molecule has 0 bridgehead atoms. The van der Waals surface area contributed by atoms with Crippen LogP contribution in [0.3, 0.4) is 0 Å². The van der Waals surface area contributed by atoms with Gasteiger partial charge in [0.1, 0.15) is 6.10 Å². The summed E-state index contributed by atoms with van der Waals surface area (Å²) in [5.74, 6) is -1.11. The van der Waals surface area contributed by atoms with Gasteiger partial charge in [0.2, 0.25) is 6.10 Å². The smallest absolute Gasteiger partial charge is 0.358 e. The van der Waals surface area contributed by atoms with E-state index in [1.165, 1.54) is 11.3 Å². The summed E-state index contributed by atoms with van der Waals surface area (Å²) in [5, 5.41) is 5.16. The highest BCUT2D eigenvalue weighted by Crippen LogP contribution is 2.20. The molecule has 0 amide bonds. The Morgan fingerprint density at radius 2 is 2.58 bits per heavy atom. The first-order valence-corrected chi connectivity index (χ1v) is 6.70. The van der Waals surface area contributed by atoms with E-state index in [-0.39, 0.29) is 11.8 Å². The van der Waals surface area contributed by atoms with Gasteiger partial charge in [-0.2, -0.15) is 0 Å². The van der Waals surface area contributed by atoms with Crippen molar-refractivity contribution in [1.82, 2.24) is 4.98 Å². The lowest BCUT2D eigenvalue weighted by atomic mass is 10.2. The van der Waals surface area contributed by atoms with E-state index in [4.69, 9.17) is 9.47 Å². The molecule has 2 heterocycles. The zero-order valence-electron chi connectivity index (χ0n) is 10.4. The Hall–Kier alpha value is -1.89. The molecule has 0 aliphatic carbocycles. The number of cyclic esters (lactones) is 1. The number of esters is 2. The Kier molecular flexibility index (Phi) is 4.16. The molecule has 2 rings (SSSR count). The minimum atomic E-state index is -0.825. The number of rotatable bonds is 5. The Morgan fingerprint density at radius 3 is 3.21 bits per heavy atom. The minimum absolute atomic E-state index is 0.184. The van der Waals surface area contributed by atoms with Crippen LogP contribution in [0.25, 0.3) is 0 Å². The standard InChI is InChI=1S/C12H14N2O4S/c1-3-4-13-12-14-8(6-19-12)10(15)18-9-5-7(2)17-11(9)16/h3,6-7,9H,1,4-5H2,2H3,(H,13,14)/t7-,9-/m0/s1. The van der Waals surface area contributed by atoms with Crippen LogP contribution in [0.1, 0.15) is 23.8 Å². The molecule has 7 heteroatoms. The molecule has 0 saturated carbocycles. The van der Waals surface area contributed by atoms with Gasteiger partial charge in [-0.3, -0.25) is 0 Å². The molecule has 0 unspecified atom stereocenters. The van der Waals surface area contributed by atoms with Crippen molar-refractivity contribution in [1.29, 1.82) is 0 Å². The molecule has 1 N–H and O–H groups in total. The largest absolute Gasteiger partial charge is 0.460 e. The van der Waals surface area contributed by atoms with Crippen LogP contribution >= 0.6 is 11.3 Å². The highest BCUT2D eigenvalue weighted by atomic mass is 32.1. The predicted molar refractivity (Wildman–Crippen MR) is 70.2 cm³/mol. The second kappa shape index (κ2) is 5.83. The molecule has 1 aromatic rings. The third-order valence-corrected chi connectivity index (χ3v) is 3.29. The average Bonchev–Trinajstić information content (AvgIpc) is 2.94. The first-order valence-electron chi connectivity index (χ1n) is 5.82. The molecule has 0 radical (unpaired) electrons. The Labute approximate surface area is 114 Å². The summed E-state index contributed by atoms with van der Waals surface area (Å²) >= 11 is 1.29. The summed E-state index contributed by atoms with van der Waals surface area (Å²) < 4.78 is 9.99. The van der Waals surface area contributed by atoms with Crippen LogP contribution in [0.2, 0.25) is 0 Å². The fraction of sp³-hybridized carbons (Fsp3) is 0.417. The fourth-order valence-electron chi connectivity index (χ4n) is 1.61. The second-order valence-corrected chi connectivity index (χ2v) is 4.94. The molecular formula is C12H14N2O4S. The quantitative estimate of drug-likeness (QED) is 0.653. The molecule has 1 aliphatic rings. The van der Waals surface area contributed by atoms with Crippen molar-refractivity contribution in [3.8, 4) is 0 Å². The van der Waals surface area contributed by atoms with Gasteiger partial charge in [-0.15, -0.1) is 17.9 Å². The topological polar surface area (TPSA) is 77.5 Å². The number of ether oxygens (including phenoxy) is 2. The first-order chi connectivity index (χ1) is 9.10. The fourth-order valence-corrected chi connectivity index (χ4v) is 2.30. The number of aromatic nitrogens is 1. The van der Waals surface area contributed by atoms with E-state index in [1.807, 2.05) is 0 Å². The van der Waals surface area contributed by atoms with Gasteiger partial charge < -0.3 is 14.8 Å². The van der Waals surface area contributed by atoms with Crippen LogP contribution in [0.5, 0.6) is 0 Å². The van der Waals surface area contributed by atoms with Gasteiger partial charge >= 0.3 is 11.9 Å². The van der Waals surface area contributed by atoms with Crippen molar-refractivity contribution >= 4 is 28.4 Å². The predicted octanol–water partition coefficient (Wildman–Crippen LogP) is 1.60. The third-order valence-electron chi connectivity index (χ3n) is 2.49. The van der Waals surface area contributed by atoms with E-state index in [0.717, 1.165) is 0 Å². The van der Waals surface area contributed by atoms with Gasteiger partial charge in [-0.05, 0) is 6.92 Å². The average molecular weight is 282 g/mol. The molecule has 19 heavy (non-hydrogen) atoms. The van der Waals surface area contributed by atoms with Gasteiger partial charge in [-0.25, -0.2) is 14.6 Å². The zero-order chi connectivity index (χ0) is 13.8. The normalized spacial score (nSPS) is 21.8. The lowest BCUT2D eigenvalue weighted by molar-refractivity contribution is -0.147. The molecule has 0 aromatic carbocycles. The van der Waals surface area contributed by atoms with Crippen molar-refractivity contribution in [2.45, 2.75) is 25.6 Å². The monoisotopic (exact) mass is 282 g/mol. The van der Waals surface area contributed by atoms with Crippen molar-refractivity contribution in [2.24, 2.45) is 0 Å². The molecule has 102 valence electrons. The minimum Gasteiger partial charge on any atom is -0.460 e. The summed E-state index contributed by atoms with van der Waals surface area (Å²) in [6.07, 6.45) is 1.03. The van der Waals surface area contributed by atoms with Gasteiger partial charge in [0, 0.05) is 18.3 Å². The van der Waals surface area contributed by atoms with Gasteiger partial charge in [0.05, 0.1) is 0 Å². The van der Waals surface area contributed by atoms with Crippen LogP contribution in [-0.4, -0.2) is 35.7 Å². The van der Waals surface area contributed by atoms with Crippen LogP contribution in [0, 0.1) is 0 Å². The SMILES string of the molecule is C=CCNc1nc(C(=O)O[C@H]2C[C@H](C)OC2=O)cs1. The molecule has 6 nitrogen and oxygen atoms in total. The summed E-state index contributed by atoms with van der Waals surface area (Å²) in [7, 11) is 0. The Morgan fingerprint density at radius 1 is 1.79 bits per heavy atom. The van der Waals surface area contributed by atoms with Crippen molar-refractivity contribution < 1.29 is 19.1 Å². The van der Waals surface area contributed by atoms with Crippen LogP contribution in [0.4, 0.5) is 5.13 Å². The number of nitrogens with one attached hydrogen (secondary N) is 1. The summed E-state index contributed by atoms with van der Waals surface area (Å²) in [6, 6.07) is 0. The van der Waals surface area contributed by atoms with Crippen molar-refractivity contribution in [3.05, 3.63) is 23.7 Å². The van der Waals surface area contributed by atoms with E-state index < -0.39 is 18.0 Å². The summed E-state index contributed by atoms with van der Waals surface area (Å²) in [6.45, 7) is 5.89. The van der Waals surface area contributed by atoms with Crippen LogP contribution in [0.15, 0.2) is 18.0 Å². The molecule has 1 saturated heterocycles. The maximum atomic E-state index is 11.8. The molecule has 2 atom stereocenters.